The summed E-state index contributed by atoms with van der Waals surface area (Å²) in [7, 11) is 0. The lowest BCUT2D eigenvalue weighted by Crippen LogP contribution is -2.11. The molecule has 0 spiro atoms. The summed E-state index contributed by atoms with van der Waals surface area (Å²) in [4.78, 5) is 4.41. The van der Waals surface area contributed by atoms with Crippen LogP contribution in [0.5, 0.6) is 0 Å². The summed E-state index contributed by atoms with van der Waals surface area (Å²) >= 11 is 0. The van der Waals surface area contributed by atoms with Crippen LogP contribution in [0.15, 0.2) is 28.7 Å². The number of rotatable bonds is 4. The number of aryl methyl sites for hydroxylation is 1. The molecule has 0 saturated heterocycles. The Morgan fingerprint density at radius 1 is 1.40 bits per heavy atom. The van der Waals surface area contributed by atoms with Crippen LogP contribution in [0.25, 0.3) is 11.1 Å². The summed E-state index contributed by atoms with van der Waals surface area (Å²) in [5, 5.41) is 0. The Balaban J connectivity index is 2.09. The quantitative estimate of drug-likeness (QED) is 0.831. The van der Waals surface area contributed by atoms with Crippen LogP contribution in [0.2, 0.25) is 0 Å². The van der Waals surface area contributed by atoms with E-state index >= 15 is 0 Å². The molecule has 1 unspecified atom stereocenters. The maximum absolute atomic E-state index is 5.61. The van der Waals surface area contributed by atoms with Gasteiger partial charge in [0.1, 0.15) is 5.52 Å². The summed E-state index contributed by atoms with van der Waals surface area (Å²) in [6.07, 6.45) is 1.90. The molecular formula is C12H16N2O. The molecule has 1 aromatic carbocycles. The van der Waals surface area contributed by atoms with E-state index in [9.17, 15) is 0 Å². The molecule has 0 amide bonds. The molecule has 0 aliphatic rings. The minimum atomic E-state index is 0.528. The van der Waals surface area contributed by atoms with Gasteiger partial charge in [-0.1, -0.05) is 19.1 Å². The Morgan fingerprint density at radius 2 is 2.20 bits per heavy atom. The molecule has 0 aliphatic heterocycles. The maximum Gasteiger partial charge on any atom is 0.195 e. The molecule has 80 valence electrons. The highest BCUT2D eigenvalue weighted by atomic mass is 16.3. The third-order valence-corrected chi connectivity index (χ3v) is 2.59. The van der Waals surface area contributed by atoms with Crippen molar-refractivity contribution in [3.8, 4) is 0 Å². The van der Waals surface area contributed by atoms with E-state index in [4.69, 9.17) is 10.2 Å². The number of para-hydroxylation sites is 2. The molecule has 0 fully saturated rings. The van der Waals surface area contributed by atoms with Crippen LogP contribution in [0, 0.1) is 5.92 Å². The Morgan fingerprint density at radius 3 is 2.93 bits per heavy atom. The first-order chi connectivity index (χ1) is 7.29. The second-order valence-electron chi connectivity index (χ2n) is 3.95. The van der Waals surface area contributed by atoms with Gasteiger partial charge >= 0.3 is 0 Å². The van der Waals surface area contributed by atoms with Crippen LogP contribution in [0.1, 0.15) is 19.2 Å². The zero-order valence-electron chi connectivity index (χ0n) is 8.94. The number of oxazole rings is 1. The van der Waals surface area contributed by atoms with Crippen molar-refractivity contribution >= 4 is 11.1 Å². The molecule has 1 atom stereocenters. The van der Waals surface area contributed by atoms with Gasteiger partial charge < -0.3 is 10.2 Å². The smallest absolute Gasteiger partial charge is 0.195 e. The molecule has 2 rings (SSSR count). The molecule has 15 heavy (non-hydrogen) atoms. The summed E-state index contributed by atoms with van der Waals surface area (Å²) in [5.74, 6) is 1.34. The fourth-order valence-electron chi connectivity index (χ4n) is 1.51. The molecule has 1 heterocycles. The zero-order chi connectivity index (χ0) is 10.7. The highest BCUT2D eigenvalue weighted by Gasteiger charge is 2.06. The topological polar surface area (TPSA) is 52.0 Å². The normalized spacial score (nSPS) is 13.2. The van der Waals surface area contributed by atoms with E-state index in [-0.39, 0.29) is 0 Å². The third-order valence-electron chi connectivity index (χ3n) is 2.59. The van der Waals surface area contributed by atoms with Crippen molar-refractivity contribution < 1.29 is 4.42 Å². The van der Waals surface area contributed by atoms with Crippen LogP contribution in [0.4, 0.5) is 0 Å². The Hall–Kier alpha value is -1.35. The lowest BCUT2D eigenvalue weighted by Gasteiger charge is -2.04. The fourth-order valence-corrected chi connectivity index (χ4v) is 1.51. The van der Waals surface area contributed by atoms with Crippen LogP contribution in [-0.2, 0) is 6.42 Å². The van der Waals surface area contributed by atoms with Gasteiger partial charge in [-0.15, -0.1) is 0 Å². The average Bonchev–Trinajstić information content (AvgIpc) is 2.68. The van der Waals surface area contributed by atoms with E-state index in [1.54, 1.807) is 0 Å². The number of benzene rings is 1. The number of aromatic nitrogens is 1. The number of nitrogens with zero attached hydrogens (tertiary/aromatic N) is 1. The van der Waals surface area contributed by atoms with E-state index in [0.29, 0.717) is 5.92 Å². The standard InChI is InChI=1S/C12H16N2O/c1-9(8-13)6-7-12-14-10-4-2-3-5-11(10)15-12/h2-5,9H,6-8,13H2,1H3. The highest BCUT2D eigenvalue weighted by Crippen LogP contribution is 2.16. The van der Waals surface area contributed by atoms with Gasteiger partial charge in [0.15, 0.2) is 11.5 Å². The number of hydrogen-bond acceptors (Lipinski definition) is 3. The van der Waals surface area contributed by atoms with E-state index in [2.05, 4.69) is 11.9 Å². The second kappa shape index (κ2) is 4.45. The molecular weight excluding hydrogens is 188 g/mol. The SMILES string of the molecule is CC(CN)CCc1nc2ccccc2o1. The van der Waals surface area contributed by atoms with E-state index < -0.39 is 0 Å². The predicted molar refractivity (Wildman–Crippen MR) is 60.5 cm³/mol. The molecule has 1 aromatic heterocycles. The van der Waals surface area contributed by atoms with Crippen LogP contribution < -0.4 is 5.73 Å². The van der Waals surface area contributed by atoms with Gasteiger partial charge in [-0.05, 0) is 31.0 Å². The van der Waals surface area contributed by atoms with Crippen molar-refractivity contribution in [3.05, 3.63) is 30.2 Å². The monoisotopic (exact) mass is 204 g/mol. The summed E-state index contributed by atoms with van der Waals surface area (Å²) in [6.45, 7) is 2.86. The number of hydrogen-bond donors (Lipinski definition) is 1. The Kier molecular flexibility index (Phi) is 3.02. The minimum absolute atomic E-state index is 0.528. The first kappa shape index (κ1) is 10.2. The van der Waals surface area contributed by atoms with Crippen molar-refractivity contribution in [2.45, 2.75) is 19.8 Å². The van der Waals surface area contributed by atoms with Gasteiger partial charge in [0.2, 0.25) is 0 Å². The lowest BCUT2D eigenvalue weighted by atomic mass is 10.1. The van der Waals surface area contributed by atoms with Crippen LogP contribution in [0.3, 0.4) is 0 Å². The van der Waals surface area contributed by atoms with E-state index in [0.717, 1.165) is 36.4 Å². The summed E-state index contributed by atoms with van der Waals surface area (Å²) in [5.41, 5.74) is 7.37. The Bertz CT molecular complexity index is 403. The number of nitrogens with two attached hydrogens (primary N) is 1. The highest BCUT2D eigenvalue weighted by molar-refractivity contribution is 5.72. The molecule has 0 saturated carbocycles. The Labute approximate surface area is 89.3 Å². The van der Waals surface area contributed by atoms with Gasteiger partial charge in [-0.3, -0.25) is 0 Å². The summed E-state index contributed by atoms with van der Waals surface area (Å²) < 4.78 is 5.61. The fraction of sp³-hybridized carbons (Fsp3) is 0.417. The first-order valence-electron chi connectivity index (χ1n) is 5.34. The van der Waals surface area contributed by atoms with Gasteiger partial charge in [0, 0.05) is 6.42 Å². The largest absolute Gasteiger partial charge is 0.441 e. The number of fused-ring (bicyclic) bond motifs is 1. The van der Waals surface area contributed by atoms with Gasteiger partial charge in [0.25, 0.3) is 0 Å². The van der Waals surface area contributed by atoms with Crippen molar-refractivity contribution in [1.29, 1.82) is 0 Å². The molecule has 2 aromatic rings. The molecule has 0 aliphatic carbocycles. The van der Waals surface area contributed by atoms with Gasteiger partial charge in [-0.2, -0.15) is 0 Å². The lowest BCUT2D eigenvalue weighted by molar-refractivity contribution is 0.471. The summed E-state index contributed by atoms with van der Waals surface area (Å²) in [6, 6.07) is 7.84. The van der Waals surface area contributed by atoms with Crippen LogP contribution in [-0.4, -0.2) is 11.5 Å². The van der Waals surface area contributed by atoms with Crippen molar-refractivity contribution in [2.75, 3.05) is 6.54 Å². The molecule has 3 nitrogen and oxygen atoms in total. The minimum Gasteiger partial charge on any atom is -0.441 e. The molecule has 0 bridgehead atoms. The second-order valence-corrected chi connectivity index (χ2v) is 3.95. The third kappa shape index (κ3) is 2.36. The van der Waals surface area contributed by atoms with Gasteiger partial charge in [-0.25, -0.2) is 4.98 Å². The van der Waals surface area contributed by atoms with Gasteiger partial charge in [0.05, 0.1) is 0 Å². The van der Waals surface area contributed by atoms with Crippen molar-refractivity contribution in [1.82, 2.24) is 4.98 Å². The first-order valence-corrected chi connectivity index (χ1v) is 5.34. The van der Waals surface area contributed by atoms with Crippen molar-refractivity contribution in [2.24, 2.45) is 11.7 Å². The maximum atomic E-state index is 5.61. The molecule has 3 heteroatoms. The zero-order valence-corrected chi connectivity index (χ0v) is 8.94. The van der Waals surface area contributed by atoms with E-state index in [1.807, 2.05) is 24.3 Å². The molecule has 0 radical (unpaired) electrons. The predicted octanol–water partition coefficient (Wildman–Crippen LogP) is 2.36. The molecule has 2 N–H and O–H groups in total. The average molecular weight is 204 g/mol. The van der Waals surface area contributed by atoms with E-state index in [1.165, 1.54) is 0 Å². The van der Waals surface area contributed by atoms with Crippen LogP contribution >= 0.6 is 0 Å². The van der Waals surface area contributed by atoms with Crippen molar-refractivity contribution in [3.63, 3.8) is 0 Å².